The molecule has 1 aromatic carbocycles. The zero-order valence-electron chi connectivity index (χ0n) is 11.7. The van der Waals surface area contributed by atoms with Crippen LogP contribution in [0.25, 0.3) is 0 Å². The van der Waals surface area contributed by atoms with Gasteiger partial charge in [0, 0.05) is 24.6 Å². The van der Waals surface area contributed by atoms with Crippen LogP contribution in [0.2, 0.25) is 0 Å². The summed E-state index contributed by atoms with van der Waals surface area (Å²) in [6.07, 6.45) is 2.27. The van der Waals surface area contributed by atoms with Gasteiger partial charge in [-0.05, 0) is 25.3 Å². The first-order valence-corrected chi connectivity index (χ1v) is 7.07. The van der Waals surface area contributed by atoms with E-state index < -0.39 is 5.97 Å². The molecule has 0 radical (unpaired) electrons. The molecule has 1 aromatic rings. The number of urea groups is 1. The molecule has 0 aliphatic heterocycles. The minimum absolute atomic E-state index is 0.0248. The first-order chi connectivity index (χ1) is 10.1. The Labute approximate surface area is 122 Å². The summed E-state index contributed by atoms with van der Waals surface area (Å²) in [7, 11) is 0. The molecule has 1 aliphatic rings. The summed E-state index contributed by atoms with van der Waals surface area (Å²) in [5.41, 5.74) is 0.491. The second kappa shape index (κ2) is 7.06. The molecule has 5 nitrogen and oxygen atoms in total. The number of hydrogen-bond donors (Lipinski definition) is 2. The molecule has 1 fully saturated rings. The lowest BCUT2D eigenvalue weighted by atomic mass is 10.2. The van der Waals surface area contributed by atoms with Gasteiger partial charge in [0.25, 0.3) is 0 Å². The Balaban J connectivity index is 1.88. The molecule has 0 spiro atoms. The monoisotopic (exact) mass is 294 g/mol. The normalized spacial score (nSPS) is 13.8. The van der Waals surface area contributed by atoms with Crippen LogP contribution in [0.4, 0.5) is 9.18 Å². The highest BCUT2D eigenvalue weighted by Crippen LogP contribution is 2.28. The Morgan fingerprint density at radius 3 is 2.67 bits per heavy atom. The van der Waals surface area contributed by atoms with E-state index in [0.29, 0.717) is 18.5 Å². The second-order valence-corrected chi connectivity index (χ2v) is 5.18. The SMILES string of the molecule is O=C(O)CCCNC(=O)N(Cc1ccccc1F)C1CC1. The van der Waals surface area contributed by atoms with Crippen molar-refractivity contribution in [1.29, 1.82) is 0 Å². The fourth-order valence-corrected chi connectivity index (χ4v) is 2.10. The van der Waals surface area contributed by atoms with E-state index in [1.807, 2.05) is 0 Å². The maximum absolute atomic E-state index is 13.7. The van der Waals surface area contributed by atoms with Gasteiger partial charge in [-0.1, -0.05) is 18.2 Å². The van der Waals surface area contributed by atoms with Crippen molar-refractivity contribution in [2.45, 2.75) is 38.3 Å². The molecule has 0 heterocycles. The van der Waals surface area contributed by atoms with Gasteiger partial charge in [0.1, 0.15) is 5.82 Å². The molecule has 2 amide bonds. The summed E-state index contributed by atoms with van der Waals surface area (Å²) in [6, 6.07) is 6.31. The maximum Gasteiger partial charge on any atom is 0.317 e. The van der Waals surface area contributed by atoms with E-state index in [-0.39, 0.29) is 30.9 Å². The van der Waals surface area contributed by atoms with Gasteiger partial charge in [0.05, 0.1) is 6.54 Å². The van der Waals surface area contributed by atoms with E-state index in [1.54, 1.807) is 23.1 Å². The van der Waals surface area contributed by atoms with Gasteiger partial charge in [0.15, 0.2) is 0 Å². The first kappa shape index (κ1) is 15.3. The van der Waals surface area contributed by atoms with Gasteiger partial charge in [0.2, 0.25) is 0 Å². The topological polar surface area (TPSA) is 69.6 Å². The number of carbonyl (C=O) groups excluding carboxylic acids is 1. The highest BCUT2D eigenvalue weighted by Gasteiger charge is 2.32. The summed E-state index contributed by atoms with van der Waals surface area (Å²) in [4.78, 5) is 24.2. The van der Waals surface area contributed by atoms with Crippen molar-refractivity contribution in [1.82, 2.24) is 10.2 Å². The van der Waals surface area contributed by atoms with E-state index in [4.69, 9.17) is 5.11 Å². The van der Waals surface area contributed by atoms with Crippen LogP contribution >= 0.6 is 0 Å². The number of aliphatic carboxylic acids is 1. The number of amides is 2. The van der Waals surface area contributed by atoms with Crippen molar-refractivity contribution >= 4 is 12.0 Å². The summed E-state index contributed by atoms with van der Waals surface area (Å²) >= 11 is 0. The Morgan fingerprint density at radius 1 is 1.33 bits per heavy atom. The minimum atomic E-state index is -0.880. The Bertz CT molecular complexity index is 517. The van der Waals surface area contributed by atoms with E-state index >= 15 is 0 Å². The molecular weight excluding hydrogens is 275 g/mol. The number of carboxylic acid groups (broad SMARTS) is 1. The second-order valence-electron chi connectivity index (χ2n) is 5.18. The molecule has 0 unspecified atom stereocenters. The fraction of sp³-hybridized carbons (Fsp3) is 0.467. The summed E-state index contributed by atoms with van der Waals surface area (Å²) in [5.74, 6) is -1.20. The van der Waals surface area contributed by atoms with E-state index in [1.165, 1.54) is 6.07 Å². The molecule has 2 rings (SSSR count). The molecule has 0 bridgehead atoms. The maximum atomic E-state index is 13.7. The van der Waals surface area contributed by atoms with Crippen LogP contribution in [-0.2, 0) is 11.3 Å². The summed E-state index contributed by atoms with van der Waals surface area (Å²) < 4.78 is 13.7. The van der Waals surface area contributed by atoms with Gasteiger partial charge >= 0.3 is 12.0 Å². The standard InChI is InChI=1S/C15H19FN2O3/c16-13-5-2-1-4-11(13)10-18(12-7-8-12)15(21)17-9-3-6-14(19)20/h1-2,4-5,12H,3,6-10H2,(H,17,21)(H,19,20). The van der Waals surface area contributed by atoms with Crippen molar-refractivity contribution in [3.63, 3.8) is 0 Å². The molecule has 0 aromatic heterocycles. The Hall–Kier alpha value is -2.11. The van der Waals surface area contributed by atoms with Crippen LogP contribution in [0.1, 0.15) is 31.2 Å². The third-order valence-electron chi connectivity index (χ3n) is 3.39. The zero-order valence-corrected chi connectivity index (χ0v) is 11.7. The molecule has 1 aliphatic carbocycles. The van der Waals surface area contributed by atoms with Gasteiger partial charge in [-0.3, -0.25) is 4.79 Å². The summed E-state index contributed by atoms with van der Waals surface area (Å²) in [6.45, 7) is 0.549. The van der Waals surface area contributed by atoms with Crippen molar-refractivity contribution in [2.24, 2.45) is 0 Å². The Kier molecular flexibility index (Phi) is 5.14. The lowest BCUT2D eigenvalue weighted by molar-refractivity contribution is -0.137. The smallest absolute Gasteiger partial charge is 0.317 e. The van der Waals surface area contributed by atoms with E-state index in [9.17, 15) is 14.0 Å². The van der Waals surface area contributed by atoms with Crippen molar-refractivity contribution < 1.29 is 19.1 Å². The predicted octanol–water partition coefficient (Wildman–Crippen LogP) is 2.36. The molecule has 0 saturated heterocycles. The summed E-state index contributed by atoms with van der Waals surface area (Å²) in [5, 5.41) is 11.2. The quantitative estimate of drug-likeness (QED) is 0.758. The van der Waals surface area contributed by atoms with Crippen LogP contribution in [-0.4, -0.2) is 34.6 Å². The highest BCUT2D eigenvalue weighted by molar-refractivity contribution is 5.75. The van der Waals surface area contributed by atoms with Crippen molar-refractivity contribution in [3.8, 4) is 0 Å². The first-order valence-electron chi connectivity index (χ1n) is 7.07. The Morgan fingerprint density at radius 2 is 2.05 bits per heavy atom. The molecule has 2 N–H and O–H groups in total. The average Bonchev–Trinajstić information content (AvgIpc) is 3.27. The number of carbonyl (C=O) groups is 2. The third kappa shape index (κ3) is 4.73. The van der Waals surface area contributed by atoms with Crippen LogP contribution in [0, 0.1) is 5.82 Å². The van der Waals surface area contributed by atoms with E-state index in [2.05, 4.69) is 5.32 Å². The number of hydrogen-bond acceptors (Lipinski definition) is 2. The number of nitrogens with one attached hydrogen (secondary N) is 1. The molecular formula is C15H19FN2O3. The lowest BCUT2D eigenvalue weighted by Gasteiger charge is -2.23. The minimum Gasteiger partial charge on any atom is -0.481 e. The lowest BCUT2D eigenvalue weighted by Crippen LogP contribution is -2.41. The fourth-order valence-electron chi connectivity index (χ4n) is 2.10. The third-order valence-corrected chi connectivity index (χ3v) is 3.39. The predicted molar refractivity (Wildman–Crippen MR) is 75.2 cm³/mol. The molecule has 21 heavy (non-hydrogen) atoms. The van der Waals surface area contributed by atoms with Gasteiger partial charge in [-0.25, -0.2) is 9.18 Å². The van der Waals surface area contributed by atoms with Gasteiger partial charge in [-0.15, -0.1) is 0 Å². The number of nitrogens with zero attached hydrogens (tertiary/aromatic N) is 1. The van der Waals surface area contributed by atoms with Crippen molar-refractivity contribution in [2.75, 3.05) is 6.54 Å². The molecule has 6 heteroatoms. The van der Waals surface area contributed by atoms with Crippen LogP contribution < -0.4 is 5.32 Å². The largest absolute Gasteiger partial charge is 0.481 e. The van der Waals surface area contributed by atoms with Crippen LogP contribution in [0.15, 0.2) is 24.3 Å². The number of carboxylic acids is 1. The molecule has 0 atom stereocenters. The zero-order chi connectivity index (χ0) is 15.2. The number of benzene rings is 1. The van der Waals surface area contributed by atoms with Crippen molar-refractivity contribution in [3.05, 3.63) is 35.6 Å². The van der Waals surface area contributed by atoms with Crippen LogP contribution in [0.5, 0.6) is 0 Å². The number of rotatable bonds is 7. The average molecular weight is 294 g/mol. The highest BCUT2D eigenvalue weighted by atomic mass is 19.1. The molecule has 1 saturated carbocycles. The van der Waals surface area contributed by atoms with Crippen LogP contribution in [0.3, 0.4) is 0 Å². The molecule has 114 valence electrons. The van der Waals surface area contributed by atoms with Gasteiger partial charge in [-0.2, -0.15) is 0 Å². The number of halogens is 1. The van der Waals surface area contributed by atoms with E-state index in [0.717, 1.165) is 12.8 Å². The van der Waals surface area contributed by atoms with Gasteiger partial charge < -0.3 is 15.3 Å².